The van der Waals surface area contributed by atoms with Gasteiger partial charge in [0, 0.05) is 19.1 Å². The zero-order valence-corrected chi connectivity index (χ0v) is 14.3. The number of ketones is 1. The second kappa shape index (κ2) is 6.36. The van der Waals surface area contributed by atoms with Crippen LogP contribution in [0.4, 0.5) is 0 Å². The molecule has 0 saturated heterocycles. The molecule has 0 spiro atoms. The summed E-state index contributed by atoms with van der Waals surface area (Å²) in [6, 6.07) is 12.4. The number of aromatic nitrogens is 2. The molecule has 1 heterocycles. The molecule has 1 aromatic heterocycles. The third kappa shape index (κ3) is 3.08. The normalized spacial score (nSPS) is 11.3. The molecule has 3 aromatic rings. The molecule has 5 heteroatoms. The van der Waals surface area contributed by atoms with Gasteiger partial charge in [0.2, 0.25) is 0 Å². The van der Waals surface area contributed by atoms with E-state index in [1.54, 1.807) is 24.3 Å². The predicted octanol–water partition coefficient (Wildman–Crippen LogP) is 2.93. The SMILES string of the molecule is Cc1cc(C)cc(/C=C/C(=O)c2c(C)[n+]([O-])c3ccccc3[n+]2[O-])c1. The van der Waals surface area contributed by atoms with E-state index in [0.717, 1.165) is 16.7 Å². The minimum atomic E-state index is -0.498. The molecular formula is C20H18N2O3. The van der Waals surface area contributed by atoms with E-state index in [4.69, 9.17) is 0 Å². The number of aryl methyl sites for hydroxylation is 2. The highest BCUT2D eigenvalue weighted by Gasteiger charge is 2.28. The summed E-state index contributed by atoms with van der Waals surface area (Å²) < 4.78 is 1.16. The molecule has 0 atom stereocenters. The molecule has 0 saturated carbocycles. The molecule has 0 aliphatic heterocycles. The van der Waals surface area contributed by atoms with Crippen LogP contribution in [-0.4, -0.2) is 5.78 Å². The molecule has 126 valence electrons. The van der Waals surface area contributed by atoms with E-state index in [2.05, 4.69) is 0 Å². The Balaban J connectivity index is 2.07. The Morgan fingerprint density at radius 3 is 2.08 bits per heavy atom. The fraction of sp³-hybridized carbons (Fsp3) is 0.150. The van der Waals surface area contributed by atoms with Crippen molar-refractivity contribution in [3.05, 3.63) is 87.0 Å². The number of allylic oxidation sites excluding steroid dienone is 1. The van der Waals surface area contributed by atoms with Gasteiger partial charge in [-0.1, -0.05) is 47.5 Å². The Labute approximate surface area is 145 Å². The van der Waals surface area contributed by atoms with Gasteiger partial charge >= 0.3 is 5.69 Å². The van der Waals surface area contributed by atoms with Gasteiger partial charge in [-0.25, -0.2) is 0 Å². The molecule has 0 aliphatic carbocycles. The molecule has 0 aliphatic rings. The quantitative estimate of drug-likeness (QED) is 0.320. The van der Waals surface area contributed by atoms with Crippen molar-refractivity contribution in [1.29, 1.82) is 0 Å². The predicted molar refractivity (Wildman–Crippen MR) is 95.9 cm³/mol. The van der Waals surface area contributed by atoms with Gasteiger partial charge in [-0.15, -0.1) is 0 Å². The monoisotopic (exact) mass is 334 g/mol. The van der Waals surface area contributed by atoms with Crippen molar-refractivity contribution in [2.24, 2.45) is 0 Å². The molecule has 0 radical (unpaired) electrons. The molecule has 0 bridgehead atoms. The van der Waals surface area contributed by atoms with Crippen molar-refractivity contribution >= 4 is 22.9 Å². The smallest absolute Gasteiger partial charge is 0.333 e. The Kier molecular flexibility index (Phi) is 4.23. The van der Waals surface area contributed by atoms with Crippen LogP contribution in [0.2, 0.25) is 0 Å². The van der Waals surface area contributed by atoms with Gasteiger partial charge in [-0.05, 0) is 25.5 Å². The molecular weight excluding hydrogens is 316 g/mol. The van der Waals surface area contributed by atoms with Crippen molar-refractivity contribution in [1.82, 2.24) is 0 Å². The number of rotatable bonds is 3. The van der Waals surface area contributed by atoms with Crippen LogP contribution in [0.3, 0.4) is 0 Å². The van der Waals surface area contributed by atoms with Crippen LogP contribution in [0.25, 0.3) is 17.1 Å². The van der Waals surface area contributed by atoms with Gasteiger partial charge in [-0.3, -0.25) is 4.79 Å². The first-order valence-corrected chi connectivity index (χ1v) is 7.93. The molecule has 0 unspecified atom stereocenters. The van der Waals surface area contributed by atoms with E-state index in [1.807, 2.05) is 32.0 Å². The van der Waals surface area contributed by atoms with Crippen LogP contribution >= 0.6 is 0 Å². The van der Waals surface area contributed by atoms with Gasteiger partial charge in [-0.2, -0.15) is 9.46 Å². The van der Waals surface area contributed by atoms with E-state index < -0.39 is 5.78 Å². The highest BCUT2D eigenvalue weighted by Crippen LogP contribution is 2.13. The van der Waals surface area contributed by atoms with Crippen LogP contribution < -0.4 is 9.46 Å². The van der Waals surface area contributed by atoms with E-state index in [1.165, 1.54) is 19.1 Å². The maximum Gasteiger partial charge on any atom is 0.333 e. The number of fused-ring (bicyclic) bond motifs is 1. The first-order chi connectivity index (χ1) is 11.9. The summed E-state index contributed by atoms with van der Waals surface area (Å²) in [4.78, 5) is 12.6. The molecule has 0 fully saturated rings. The number of hydrogen-bond acceptors (Lipinski definition) is 3. The van der Waals surface area contributed by atoms with Crippen LogP contribution in [0.15, 0.2) is 48.5 Å². The summed E-state index contributed by atoms with van der Waals surface area (Å²) in [5.74, 6) is -0.498. The largest absolute Gasteiger partial charge is 0.618 e. The number of nitrogens with zero attached hydrogens (tertiary/aromatic N) is 2. The highest BCUT2D eigenvalue weighted by atomic mass is 16.5. The Morgan fingerprint density at radius 1 is 0.920 bits per heavy atom. The number of para-hydroxylation sites is 2. The maximum atomic E-state index is 12.6. The minimum absolute atomic E-state index is 0.0868. The van der Waals surface area contributed by atoms with E-state index >= 15 is 0 Å². The number of benzene rings is 2. The van der Waals surface area contributed by atoms with Gasteiger partial charge in [0.1, 0.15) is 0 Å². The van der Waals surface area contributed by atoms with Crippen molar-refractivity contribution in [3.63, 3.8) is 0 Å². The molecule has 5 nitrogen and oxygen atoms in total. The highest BCUT2D eigenvalue weighted by molar-refractivity contribution is 6.05. The summed E-state index contributed by atoms with van der Waals surface area (Å²) in [5.41, 5.74) is 3.39. The second-order valence-electron chi connectivity index (χ2n) is 6.13. The first kappa shape index (κ1) is 16.6. The van der Waals surface area contributed by atoms with Crippen LogP contribution in [0.1, 0.15) is 32.9 Å². The molecule has 25 heavy (non-hydrogen) atoms. The van der Waals surface area contributed by atoms with Gasteiger partial charge in [0.05, 0.1) is 0 Å². The van der Waals surface area contributed by atoms with Crippen molar-refractivity contribution in [3.8, 4) is 0 Å². The van der Waals surface area contributed by atoms with Gasteiger partial charge in [0.15, 0.2) is 0 Å². The van der Waals surface area contributed by atoms with Crippen molar-refractivity contribution in [2.45, 2.75) is 20.8 Å². The standard InChI is InChI=1S/C20H18N2O3/c1-13-10-14(2)12-16(11-13)8-9-19(23)20-15(3)21(24)17-6-4-5-7-18(17)22(20)25/h4-12H,1-3H3/b9-8+. The Morgan fingerprint density at radius 2 is 1.48 bits per heavy atom. The van der Waals surface area contributed by atoms with Crippen LogP contribution in [-0.2, 0) is 0 Å². The fourth-order valence-electron chi connectivity index (χ4n) is 2.99. The summed E-state index contributed by atoms with van der Waals surface area (Å²) in [6.45, 7) is 5.43. The Bertz CT molecular complexity index is 1000. The summed E-state index contributed by atoms with van der Waals surface area (Å²) in [6.07, 6.45) is 2.99. The second-order valence-corrected chi connectivity index (χ2v) is 6.13. The van der Waals surface area contributed by atoms with Crippen LogP contribution in [0.5, 0.6) is 0 Å². The number of carbonyl (C=O) groups is 1. The van der Waals surface area contributed by atoms with Crippen molar-refractivity contribution < 1.29 is 14.3 Å². The molecule has 3 rings (SSSR count). The average Bonchev–Trinajstić information content (AvgIpc) is 2.57. The first-order valence-electron chi connectivity index (χ1n) is 7.93. The lowest BCUT2D eigenvalue weighted by atomic mass is 10.1. The van der Waals surface area contributed by atoms with E-state index in [-0.39, 0.29) is 22.4 Å². The molecule has 2 aromatic carbocycles. The number of carbonyl (C=O) groups excluding carboxylic acids is 1. The summed E-state index contributed by atoms with van der Waals surface area (Å²) in [5, 5.41) is 24.9. The summed E-state index contributed by atoms with van der Waals surface area (Å²) in [7, 11) is 0. The summed E-state index contributed by atoms with van der Waals surface area (Å²) >= 11 is 0. The number of hydrogen-bond donors (Lipinski definition) is 0. The fourth-order valence-corrected chi connectivity index (χ4v) is 2.99. The third-order valence-corrected chi connectivity index (χ3v) is 4.07. The third-order valence-electron chi connectivity index (χ3n) is 4.07. The Hall–Kier alpha value is -3.21. The minimum Gasteiger partial charge on any atom is -0.618 e. The zero-order valence-electron chi connectivity index (χ0n) is 14.3. The van der Waals surface area contributed by atoms with Gasteiger partial charge in [0.25, 0.3) is 22.5 Å². The van der Waals surface area contributed by atoms with Gasteiger partial charge < -0.3 is 10.4 Å². The van der Waals surface area contributed by atoms with Crippen LogP contribution in [0, 0.1) is 31.2 Å². The average molecular weight is 334 g/mol. The maximum absolute atomic E-state index is 12.6. The zero-order chi connectivity index (χ0) is 18.1. The lowest BCUT2D eigenvalue weighted by molar-refractivity contribution is -0.635. The van der Waals surface area contributed by atoms with Crippen molar-refractivity contribution in [2.75, 3.05) is 0 Å². The lowest BCUT2D eigenvalue weighted by Gasteiger charge is -2.09. The molecule has 0 amide bonds. The molecule has 0 N–H and O–H groups in total. The van der Waals surface area contributed by atoms with E-state index in [9.17, 15) is 15.2 Å². The topological polar surface area (TPSA) is 71.0 Å². The van der Waals surface area contributed by atoms with E-state index in [0.29, 0.717) is 9.46 Å². The lowest BCUT2D eigenvalue weighted by Crippen LogP contribution is -2.46.